The number of benzene rings is 2. The second-order valence-electron chi connectivity index (χ2n) is 7.40. The molecule has 0 radical (unpaired) electrons. The number of halogens is 1. The van der Waals surface area contributed by atoms with Crippen LogP contribution in [-0.2, 0) is 11.2 Å². The van der Waals surface area contributed by atoms with Crippen LogP contribution >= 0.6 is 11.6 Å². The number of alkyl halides is 1. The van der Waals surface area contributed by atoms with Gasteiger partial charge in [-0.3, -0.25) is 0 Å². The molecule has 3 atom stereocenters. The Balaban J connectivity index is 2.00. The third-order valence-corrected chi connectivity index (χ3v) is 5.58. The van der Waals surface area contributed by atoms with Crippen LogP contribution in [0.3, 0.4) is 0 Å². The first-order valence-electron chi connectivity index (χ1n) is 9.04. The van der Waals surface area contributed by atoms with Crippen molar-refractivity contribution < 1.29 is 29.9 Å². The molecule has 0 aromatic heterocycles. The van der Waals surface area contributed by atoms with Gasteiger partial charge in [-0.15, -0.1) is 0 Å². The Morgan fingerprint density at radius 2 is 1.64 bits per heavy atom. The predicted octanol–water partition coefficient (Wildman–Crippen LogP) is 1.74. The van der Waals surface area contributed by atoms with Crippen molar-refractivity contribution in [2.75, 3.05) is 13.2 Å². The number of aryl methyl sites for hydroxylation is 1. The van der Waals surface area contributed by atoms with Crippen LogP contribution in [0.4, 0.5) is 0 Å². The fraction of sp³-hybridized carbons (Fsp3) is 0.429. The first-order valence-corrected chi connectivity index (χ1v) is 9.42. The monoisotopic (exact) mass is 408 g/mol. The summed E-state index contributed by atoms with van der Waals surface area (Å²) in [5.74, 6) is 0.383. The molecule has 4 N–H and O–H groups in total. The fourth-order valence-corrected chi connectivity index (χ4v) is 3.74. The van der Waals surface area contributed by atoms with Crippen molar-refractivity contribution in [3.8, 4) is 5.75 Å². The van der Waals surface area contributed by atoms with E-state index in [1.54, 1.807) is 30.3 Å². The predicted molar refractivity (Wildman–Crippen MR) is 104 cm³/mol. The minimum Gasteiger partial charge on any atom is -0.462 e. The number of aliphatic hydroxyl groups excluding tert-OH is 2. The van der Waals surface area contributed by atoms with Gasteiger partial charge in [0.1, 0.15) is 11.4 Å². The van der Waals surface area contributed by atoms with E-state index in [9.17, 15) is 20.4 Å². The van der Waals surface area contributed by atoms with Crippen molar-refractivity contribution in [3.63, 3.8) is 0 Å². The lowest BCUT2D eigenvalue weighted by atomic mass is 9.78. The molecule has 1 heterocycles. The molecule has 0 bridgehead atoms. The number of ether oxygens (including phenoxy) is 2. The maximum Gasteiger partial charge on any atom is 0.234 e. The Morgan fingerprint density at radius 1 is 1.04 bits per heavy atom. The summed E-state index contributed by atoms with van der Waals surface area (Å²) in [6.07, 6.45) is -1.88. The summed E-state index contributed by atoms with van der Waals surface area (Å²) in [6.45, 7) is 0.736. The molecule has 2 aromatic carbocycles. The van der Waals surface area contributed by atoms with Gasteiger partial charge in [-0.05, 0) is 24.6 Å². The molecule has 3 rings (SSSR count). The lowest BCUT2D eigenvalue weighted by molar-refractivity contribution is -0.337. The number of rotatable bonds is 6. The van der Waals surface area contributed by atoms with Gasteiger partial charge in [-0.1, -0.05) is 59.6 Å². The van der Waals surface area contributed by atoms with Crippen molar-refractivity contribution in [2.45, 2.75) is 42.3 Å². The minimum atomic E-state index is -2.22. The van der Waals surface area contributed by atoms with Crippen LogP contribution in [0.5, 0.6) is 5.75 Å². The van der Waals surface area contributed by atoms with Crippen molar-refractivity contribution in [2.24, 2.45) is 0 Å². The zero-order chi connectivity index (χ0) is 20.4. The van der Waals surface area contributed by atoms with E-state index in [-0.39, 0.29) is 12.8 Å². The van der Waals surface area contributed by atoms with Crippen LogP contribution < -0.4 is 4.74 Å². The second-order valence-corrected chi connectivity index (χ2v) is 8.03. The van der Waals surface area contributed by atoms with Gasteiger partial charge in [0.05, 0.1) is 13.2 Å². The van der Waals surface area contributed by atoms with Crippen molar-refractivity contribution in [3.05, 3.63) is 65.7 Å². The highest BCUT2D eigenvalue weighted by Crippen LogP contribution is 2.47. The van der Waals surface area contributed by atoms with Crippen molar-refractivity contribution in [1.29, 1.82) is 0 Å². The highest BCUT2D eigenvalue weighted by Gasteiger charge is 2.64. The summed E-state index contributed by atoms with van der Waals surface area (Å²) in [4.78, 5) is 0. The largest absolute Gasteiger partial charge is 0.462 e. The molecule has 1 saturated heterocycles. The molecule has 0 unspecified atom stereocenters. The normalized spacial score (nSPS) is 29.4. The lowest BCUT2D eigenvalue weighted by Gasteiger charge is -2.53. The Kier molecular flexibility index (Phi) is 6.00. The molecule has 0 spiro atoms. The summed E-state index contributed by atoms with van der Waals surface area (Å²) >= 11 is 6.39. The smallest absolute Gasteiger partial charge is 0.234 e. The number of para-hydroxylation sites is 1. The van der Waals surface area contributed by atoms with E-state index in [0.717, 1.165) is 11.1 Å². The summed E-state index contributed by atoms with van der Waals surface area (Å²) in [5.41, 5.74) is -1.84. The van der Waals surface area contributed by atoms with Gasteiger partial charge in [-0.25, -0.2) is 0 Å². The molecular formula is C21H25ClO6. The van der Waals surface area contributed by atoms with Gasteiger partial charge in [0, 0.05) is 12.8 Å². The maximum atomic E-state index is 11.5. The van der Waals surface area contributed by atoms with Gasteiger partial charge in [0.25, 0.3) is 0 Å². The van der Waals surface area contributed by atoms with Crippen molar-refractivity contribution >= 4 is 11.6 Å². The molecule has 0 aliphatic carbocycles. The van der Waals surface area contributed by atoms with Gasteiger partial charge < -0.3 is 29.9 Å². The third-order valence-electron chi connectivity index (χ3n) is 5.12. The van der Waals surface area contributed by atoms with E-state index in [1.807, 2.05) is 31.2 Å². The lowest BCUT2D eigenvalue weighted by Crippen LogP contribution is -2.71. The van der Waals surface area contributed by atoms with E-state index in [1.165, 1.54) is 0 Å². The molecule has 6 nitrogen and oxygen atoms in total. The van der Waals surface area contributed by atoms with Gasteiger partial charge in [0.2, 0.25) is 6.29 Å². The van der Waals surface area contributed by atoms with Gasteiger partial charge in [-0.2, -0.15) is 0 Å². The number of hydrogen-bond donors (Lipinski definition) is 4. The Morgan fingerprint density at radius 3 is 2.21 bits per heavy atom. The molecule has 7 heteroatoms. The quantitative estimate of drug-likeness (QED) is 0.543. The van der Waals surface area contributed by atoms with E-state index in [0.29, 0.717) is 5.75 Å². The van der Waals surface area contributed by atoms with Gasteiger partial charge >= 0.3 is 0 Å². The molecule has 2 aromatic rings. The third kappa shape index (κ3) is 4.03. The number of hydrogen-bond acceptors (Lipinski definition) is 6. The highest BCUT2D eigenvalue weighted by atomic mass is 35.5. The van der Waals surface area contributed by atoms with Crippen LogP contribution in [0.25, 0.3) is 0 Å². The zero-order valence-corrected chi connectivity index (χ0v) is 16.3. The molecule has 1 fully saturated rings. The van der Waals surface area contributed by atoms with E-state index < -0.39 is 35.8 Å². The second kappa shape index (κ2) is 7.99. The fourth-order valence-electron chi connectivity index (χ4n) is 3.34. The van der Waals surface area contributed by atoms with Crippen LogP contribution in [0.2, 0.25) is 0 Å². The maximum absolute atomic E-state index is 11.5. The Labute approximate surface area is 168 Å². The van der Waals surface area contributed by atoms with Crippen LogP contribution in [0.15, 0.2) is 54.6 Å². The molecule has 1 aliphatic rings. The SMILES string of the molecule is Cc1ccc(C[C@]2(O)[C@H](Oc3ccccc3)OC(CO)(CO)C[C@@]2(O)Cl)cc1. The first-order chi connectivity index (χ1) is 13.2. The Hall–Kier alpha value is -1.67. The summed E-state index contributed by atoms with van der Waals surface area (Å²) in [6, 6.07) is 16.0. The molecule has 28 heavy (non-hydrogen) atoms. The van der Waals surface area contributed by atoms with Crippen LogP contribution in [-0.4, -0.2) is 56.2 Å². The zero-order valence-electron chi connectivity index (χ0n) is 15.6. The minimum absolute atomic E-state index is 0.0578. The number of aliphatic hydroxyl groups is 4. The first kappa shape index (κ1) is 21.0. The molecule has 152 valence electrons. The summed E-state index contributed by atoms with van der Waals surface area (Å²) in [7, 11) is 0. The van der Waals surface area contributed by atoms with Crippen LogP contribution in [0.1, 0.15) is 17.5 Å². The molecular weight excluding hydrogens is 384 g/mol. The molecule has 0 saturated carbocycles. The van der Waals surface area contributed by atoms with E-state index in [4.69, 9.17) is 21.1 Å². The van der Waals surface area contributed by atoms with Gasteiger partial charge in [0.15, 0.2) is 10.7 Å². The van der Waals surface area contributed by atoms with E-state index in [2.05, 4.69) is 0 Å². The van der Waals surface area contributed by atoms with Crippen molar-refractivity contribution in [1.82, 2.24) is 0 Å². The molecule has 0 amide bonds. The standard InChI is InChI=1S/C21H25ClO6/c1-15-7-9-16(10-8-15)11-20(25)18(27-17-5-3-2-4-6-17)28-19(13-23,14-24)12-21(20,22)26/h2-10,18,23-26H,11-14H2,1H3/t18-,20+,21+/m1/s1. The van der Waals surface area contributed by atoms with Crippen LogP contribution in [0, 0.1) is 6.92 Å². The van der Waals surface area contributed by atoms with E-state index >= 15 is 0 Å². The molecule has 1 aliphatic heterocycles. The Bertz CT molecular complexity index is 775. The average Bonchev–Trinajstić information content (AvgIpc) is 2.68. The summed E-state index contributed by atoms with van der Waals surface area (Å²) in [5, 5.41) is 39.8. The highest BCUT2D eigenvalue weighted by molar-refractivity contribution is 6.23. The summed E-state index contributed by atoms with van der Waals surface area (Å²) < 4.78 is 11.6. The average molecular weight is 409 g/mol. The topological polar surface area (TPSA) is 99.4 Å².